The Hall–Kier alpha value is -1.79. The summed E-state index contributed by atoms with van der Waals surface area (Å²) in [6.45, 7) is 2.15. The Morgan fingerprint density at radius 1 is 1.20 bits per heavy atom. The smallest absolute Gasteiger partial charge is 0.196 e. The second-order valence-electron chi connectivity index (χ2n) is 4.39. The molecule has 0 spiro atoms. The van der Waals surface area contributed by atoms with Gasteiger partial charge >= 0.3 is 0 Å². The lowest BCUT2D eigenvalue weighted by atomic mass is 10.1. The van der Waals surface area contributed by atoms with Gasteiger partial charge < -0.3 is 16.8 Å². The van der Waals surface area contributed by atoms with Crippen LogP contribution < -0.4 is 16.8 Å². The number of nitrogens with zero attached hydrogens (tertiary/aromatic N) is 2. The quantitative estimate of drug-likeness (QED) is 0.733. The van der Waals surface area contributed by atoms with Crippen LogP contribution in [0.25, 0.3) is 0 Å². The van der Waals surface area contributed by atoms with E-state index >= 15 is 0 Å². The molecule has 1 atom stereocenters. The van der Waals surface area contributed by atoms with Gasteiger partial charge in [0.2, 0.25) is 0 Å². The number of aromatic nitrogens is 2. The van der Waals surface area contributed by atoms with Crippen molar-refractivity contribution in [1.29, 1.82) is 0 Å². The van der Waals surface area contributed by atoms with Crippen molar-refractivity contribution in [3.8, 4) is 0 Å². The summed E-state index contributed by atoms with van der Waals surface area (Å²) >= 11 is 1.48. The lowest BCUT2D eigenvalue weighted by molar-refractivity contribution is 0.568. The second kappa shape index (κ2) is 6.58. The molecule has 1 aromatic carbocycles. The van der Waals surface area contributed by atoms with Gasteiger partial charge in [-0.2, -0.15) is 0 Å². The van der Waals surface area contributed by atoms with Gasteiger partial charge in [-0.15, -0.1) is 0 Å². The van der Waals surface area contributed by atoms with Crippen LogP contribution in [0.3, 0.4) is 0 Å². The van der Waals surface area contributed by atoms with E-state index in [0.29, 0.717) is 22.8 Å². The average Bonchev–Trinajstić information content (AvgIpc) is 2.41. The third-order valence-electron chi connectivity index (χ3n) is 3.00. The fourth-order valence-corrected chi connectivity index (χ4v) is 3.02. The lowest BCUT2D eigenvalue weighted by Gasteiger charge is -2.17. The number of nitrogens with one attached hydrogen (secondary N) is 1. The van der Waals surface area contributed by atoms with Crippen molar-refractivity contribution in [1.82, 2.24) is 15.3 Å². The second-order valence-corrected chi connectivity index (χ2v) is 5.40. The van der Waals surface area contributed by atoms with Crippen LogP contribution in [0.1, 0.15) is 24.9 Å². The minimum atomic E-state index is 0.303. The van der Waals surface area contributed by atoms with E-state index in [9.17, 15) is 0 Å². The van der Waals surface area contributed by atoms with Crippen LogP contribution in [0.15, 0.2) is 40.4 Å². The maximum Gasteiger partial charge on any atom is 0.196 e. The van der Waals surface area contributed by atoms with Gasteiger partial charge in [-0.25, -0.2) is 9.97 Å². The Balaban J connectivity index is 2.33. The van der Waals surface area contributed by atoms with Crippen LogP contribution in [-0.4, -0.2) is 17.0 Å². The molecule has 5 nitrogen and oxygen atoms in total. The molecule has 1 heterocycles. The molecule has 2 aromatic rings. The van der Waals surface area contributed by atoms with Crippen molar-refractivity contribution in [2.45, 2.75) is 29.4 Å². The van der Waals surface area contributed by atoms with Gasteiger partial charge in [0, 0.05) is 17.0 Å². The first kappa shape index (κ1) is 14.6. The molecule has 0 aliphatic heterocycles. The Morgan fingerprint density at radius 3 is 2.45 bits per heavy atom. The third-order valence-corrected chi connectivity index (χ3v) is 3.95. The summed E-state index contributed by atoms with van der Waals surface area (Å²) in [6, 6.07) is 10.1. The van der Waals surface area contributed by atoms with Crippen molar-refractivity contribution in [3.05, 3.63) is 35.9 Å². The van der Waals surface area contributed by atoms with E-state index in [0.717, 1.165) is 11.3 Å². The molecule has 2 rings (SSSR count). The van der Waals surface area contributed by atoms with Gasteiger partial charge in [0.1, 0.15) is 11.6 Å². The molecular weight excluding hydrogens is 270 g/mol. The highest BCUT2D eigenvalue weighted by Gasteiger charge is 2.13. The summed E-state index contributed by atoms with van der Waals surface area (Å²) in [7, 11) is 1.96. The van der Waals surface area contributed by atoms with Gasteiger partial charge in [0.05, 0.1) is 0 Å². The van der Waals surface area contributed by atoms with E-state index in [4.69, 9.17) is 11.5 Å². The van der Waals surface area contributed by atoms with Crippen LogP contribution in [-0.2, 0) is 0 Å². The molecule has 0 radical (unpaired) electrons. The first-order valence-corrected chi connectivity index (χ1v) is 7.29. The molecule has 1 aromatic heterocycles. The van der Waals surface area contributed by atoms with Crippen LogP contribution >= 0.6 is 11.8 Å². The predicted octanol–water partition coefficient (Wildman–Crippen LogP) is 2.46. The van der Waals surface area contributed by atoms with E-state index in [1.54, 1.807) is 6.07 Å². The Bertz CT molecular complexity index is 563. The number of benzene rings is 1. The van der Waals surface area contributed by atoms with E-state index < -0.39 is 0 Å². The fraction of sp³-hybridized carbons (Fsp3) is 0.286. The lowest BCUT2D eigenvalue weighted by Crippen LogP contribution is -2.16. The van der Waals surface area contributed by atoms with E-state index in [-0.39, 0.29) is 0 Å². The van der Waals surface area contributed by atoms with Gasteiger partial charge in [-0.3, -0.25) is 0 Å². The number of nitrogen functional groups attached to an aromatic ring is 2. The SMILES string of the molecule is CCC(NC)c1ccccc1Sc1nc(N)cc(N)n1. The molecule has 0 bridgehead atoms. The summed E-state index contributed by atoms with van der Waals surface area (Å²) < 4.78 is 0. The zero-order valence-corrected chi connectivity index (χ0v) is 12.4. The molecule has 20 heavy (non-hydrogen) atoms. The van der Waals surface area contributed by atoms with Crippen LogP contribution in [0.2, 0.25) is 0 Å². The monoisotopic (exact) mass is 289 g/mol. The highest BCUT2D eigenvalue weighted by Crippen LogP contribution is 2.32. The molecule has 0 aliphatic carbocycles. The van der Waals surface area contributed by atoms with Gasteiger partial charge in [0.25, 0.3) is 0 Å². The number of nitrogens with two attached hydrogens (primary N) is 2. The first-order chi connectivity index (χ1) is 9.63. The average molecular weight is 289 g/mol. The zero-order chi connectivity index (χ0) is 14.5. The van der Waals surface area contributed by atoms with Crippen molar-refractivity contribution in [2.75, 3.05) is 18.5 Å². The standard InChI is InChI=1S/C14H19N5S/c1-3-10(17-2)9-6-4-5-7-11(9)20-14-18-12(15)8-13(16)19-14/h4-8,10,17H,3H2,1-2H3,(H4,15,16,18,19). The molecule has 106 valence electrons. The summed E-state index contributed by atoms with van der Waals surface area (Å²) in [6.07, 6.45) is 1.01. The maximum absolute atomic E-state index is 5.71. The largest absolute Gasteiger partial charge is 0.383 e. The summed E-state index contributed by atoms with van der Waals surface area (Å²) in [5.74, 6) is 0.774. The Labute approximate surface area is 123 Å². The minimum absolute atomic E-state index is 0.303. The van der Waals surface area contributed by atoms with Gasteiger partial charge in [-0.05, 0) is 36.9 Å². The number of hydrogen-bond donors (Lipinski definition) is 3. The number of rotatable bonds is 5. The van der Waals surface area contributed by atoms with Gasteiger partial charge in [0.15, 0.2) is 5.16 Å². The maximum atomic E-state index is 5.71. The number of anilines is 2. The summed E-state index contributed by atoms with van der Waals surface area (Å²) in [4.78, 5) is 9.53. The molecular formula is C14H19N5S. The molecule has 6 heteroatoms. The summed E-state index contributed by atoms with van der Waals surface area (Å²) in [5, 5.41) is 3.88. The molecule has 5 N–H and O–H groups in total. The van der Waals surface area contributed by atoms with Crippen molar-refractivity contribution < 1.29 is 0 Å². The van der Waals surface area contributed by atoms with Crippen LogP contribution in [0, 0.1) is 0 Å². The minimum Gasteiger partial charge on any atom is -0.383 e. The molecule has 1 unspecified atom stereocenters. The predicted molar refractivity (Wildman–Crippen MR) is 83.5 cm³/mol. The topological polar surface area (TPSA) is 89.8 Å². The van der Waals surface area contributed by atoms with Crippen LogP contribution in [0.4, 0.5) is 11.6 Å². The molecule has 0 fully saturated rings. The van der Waals surface area contributed by atoms with Gasteiger partial charge in [-0.1, -0.05) is 25.1 Å². The first-order valence-electron chi connectivity index (χ1n) is 6.48. The third kappa shape index (κ3) is 3.40. The van der Waals surface area contributed by atoms with Crippen molar-refractivity contribution in [3.63, 3.8) is 0 Å². The normalized spacial score (nSPS) is 12.3. The Morgan fingerprint density at radius 2 is 1.85 bits per heavy atom. The van der Waals surface area contributed by atoms with E-state index in [1.165, 1.54) is 17.3 Å². The van der Waals surface area contributed by atoms with E-state index in [1.807, 2.05) is 19.2 Å². The molecule has 0 amide bonds. The van der Waals surface area contributed by atoms with Crippen molar-refractivity contribution >= 4 is 23.4 Å². The van der Waals surface area contributed by atoms with Crippen molar-refractivity contribution in [2.24, 2.45) is 0 Å². The van der Waals surface area contributed by atoms with E-state index in [2.05, 4.69) is 34.3 Å². The molecule has 0 saturated carbocycles. The summed E-state index contributed by atoms with van der Waals surface area (Å²) in [5.41, 5.74) is 12.6. The number of hydrogen-bond acceptors (Lipinski definition) is 6. The molecule has 0 saturated heterocycles. The Kier molecular flexibility index (Phi) is 4.81. The zero-order valence-electron chi connectivity index (χ0n) is 11.6. The highest BCUT2D eigenvalue weighted by molar-refractivity contribution is 7.99. The molecule has 0 aliphatic rings. The fourth-order valence-electron chi connectivity index (χ4n) is 2.05. The highest BCUT2D eigenvalue weighted by atomic mass is 32.2. The van der Waals surface area contributed by atoms with Crippen LogP contribution in [0.5, 0.6) is 0 Å².